The van der Waals surface area contributed by atoms with Crippen LogP contribution in [0.3, 0.4) is 0 Å². The van der Waals surface area contributed by atoms with E-state index in [1.165, 1.54) is 0 Å². The van der Waals surface area contributed by atoms with Crippen LogP contribution in [0.4, 0.5) is 0 Å². The maximum absolute atomic E-state index is 12.7. The lowest BCUT2D eigenvalue weighted by Crippen LogP contribution is -2.08. The van der Waals surface area contributed by atoms with E-state index in [4.69, 9.17) is 4.84 Å². The molecule has 31 heteroatoms. The van der Waals surface area contributed by atoms with Gasteiger partial charge >= 0.3 is 0 Å². The van der Waals surface area contributed by atoms with Gasteiger partial charge in [0.15, 0.2) is 91.6 Å². The molecule has 8 rings (SSSR count). The number of aliphatic hydroxyl groups is 4. The third-order valence-electron chi connectivity index (χ3n) is 12.8. The highest BCUT2D eigenvalue weighted by Gasteiger charge is 2.40. The van der Waals surface area contributed by atoms with Gasteiger partial charge in [-0.05, 0) is 10.9 Å². The second kappa shape index (κ2) is 17.0. The molecule has 77 heavy (non-hydrogen) atoms. The molecule has 0 saturated carbocycles. The topological polar surface area (TPSA) is 565 Å². The summed E-state index contributed by atoms with van der Waals surface area (Å²) in [5, 5.41) is 285. The third-order valence-corrected chi connectivity index (χ3v) is 12.8. The van der Waals surface area contributed by atoms with Gasteiger partial charge in [-0.2, -0.15) is 0 Å². The van der Waals surface area contributed by atoms with Crippen LogP contribution in [0.25, 0.3) is 76.7 Å². The lowest BCUT2D eigenvalue weighted by molar-refractivity contribution is 0.312. The van der Waals surface area contributed by atoms with Crippen LogP contribution in [0.5, 0.6) is 132 Å². The predicted molar refractivity (Wildman–Crippen MR) is 267 cm³/mol. The number of phenolic OH excluding ortho intramolecular Hbond substituents is 22. The molecule has 0 radical (unpaired) electrons. The molecule has 0 aromatic heterocycles. The maximum atomic E-state index is 12.7. The van der Waals surface area contributed by atoms with Crippen LogP contribution in [-0.4, -0.2) is 148 Å². The summed E-state index contributed by atoms with van der Waals surface area (Å²) in [6, 6.07) is 0.316. The van der Waals surface area contributed by atoms with Crippen LogP contribution in [0.2, 0.25) is 0 Å². The third kappa shape index (κ3) is 6.56. The highest BCUT2D eigenvalue weighted by Crippen LogP contribution is 2.65. The van der Waals surface area contributed by atoms with E-state index >= 15 is 0 Å². The maximum Gasteiger partial charge on any atom is 0.205 e. The van der Waals surface area contributed by atoms with Gasteiger partial charge in [0.25, 0.3) is 0 Å². The molecule has 0 aliphatic rings. The first kappa shape index (κ1) is 51.7. The first-order valence-corrected chi connectivity index (χ1v) is 20.8. The molecule has 0 fully saturated rings. The summed E-state index contributed by atoms with van der Waals surface area (Å²) in [5.41, 5.74) is -11.5. The number of nitrogens with zero attached hydrogens (tertiary/aromatic N) is 1. The molecule has 0 heterocycles. The van der Waals surface area contributed by atoms with Crippen LogP contribution < -0.4 is 15.8 Å². The fraction of sp³-hybridized carbons (Fsp3) is 0. The number of aliphatic hydroxyl groups excluding tert-OH is 4. The Morgan fingerprint density at radius 3 is 1.27 bits per heavy atom. The van der Waals surface area contributed by atoms with Crippen LogP contribution >= 0.6 is 0 Å². The minimum absolute atomic E-state index is 0.316. The molecule has 0 spiro atoms. The predicted octanol–water partition coefficient (Wildman–Crippen LogP) is 2.56. The zero-order valence-electron chi connectivity index (χ0n) is 38.2. The lowest BCUT2D eigenvalue weighted by Gasteiger charge is -2.25. The highest BCUT2D eigenvalue weighted by molar-refractivity contribution is 6.41. The molecule has 0 saturated heterocycles. The molecular formula is C46H33B2NO28. The molecule has 0 amide bonds. The number of fused-ring (bicyclic) bond motifs is 4. The largest absolute Gasteiger partial charge is 0.508 e. The summed E-state index contributed by atoms with van der Waals surface area (Å²) in [5.74, 6) is -43.5. The van der Waals surface area contributed by atoms with Crippen molar-refractivity contribution in [2.24, 2.45) is 5.34 Å². The molecular weight excluding hydrogens is 1040 g/mol. The van der Waals surface area contributed by atoms with Gasteiger partial charge < -0.3 is 138 Å². The molecule has 396 valence electrons. The zero-order chi connectivity index (χ0) is 57.5. The molecule has 26 N–H and O–H groups in total. The fourth-order valence-corrected chi connectivity index (χ4v) is 9.10. The minimum Gasteiger partial charge on any atom is -0.508 e. The van der Waals surface area contributed by atoms with E-state index in [2.05, 4.69) is 11.9 Å². The first-order chi connectivity index (χ1) is 35.8. The molecule has 0 aliphatic carbocycles. The molecule has 0 aliphatic heterocycles. The fourth-order valence-electron chi connectivity index (χ4n) is 9.10. The second-order valence-electron chi connectivity index (χ2n) is 16.7. The van der Waals surface area contributed by atoms with Gasteiger partial charge in [0.2, 0.25) is 34.5 Å². The number of allylic oxidation sites excluding steroid dienone is 1. The second-order valence-corrected chi connectivity index (χ2v) is 16.7. The Labute approximate surface area is 423 Å². The first-order valence-electron chi connectivity index (χ1n) is 20.8. The summed E-state index contributed by atoms with van der Waals surface area (Å²) in [6.45, 7) is 3.11. The summed E-state index contributed by atoms with van der Waals surface area (Å²) in [7, 11) is 1.77. The van der Waals surface area contributed by atoms with Crippen LogP contribution in [0.1, 0.15) is 11.1 Å². The summed E-state index contributed by atoms with van der Waals surface area (Å²) >= 11 is 0. The Morgan fingerprint density at radius 1 is 0.364 bits per heavy atom. The van der Waals surface area contributed by atoms with Gasteiger partial charge in [-0.15, -0.1) is 4.91 Å². The SMILES string of the molecule is Bc1c(O)c(O)c(O)c(-c2c(O)c(O)c3c(/C(O)=C(O)/C(O)=C(\C(=C)O)c4c(O)c(O)c5c(O)c(O)c(O)c(O)c5c4O)c4c(O)c(O)cc(ON=O)c4c(-c4c(O)c(B)c(O)c5c(O)c(O)c(O)c(O)c45)c3c2O)c1O. The van der Waals surface area contributed by atoms with Crippen molar-refractivity contribution in [3.05, 3.63) is 46.0 Å². The van der Waals surface area contributed by atoms with Gasteiger partial charge in [0, 0.05) is 49.7 Å². The number of hydrogen-bond donors (Lipinski definition) is 26. The van der Waals surface area contributed by atoms with Crippen molar-refractivity contribution in [2.45, 2.75) is 0 Å². The van der Waals surface area contributed by atoms with Crippen molar-refractivity contribution < 1.29 is 138 Å². The number of phenols is 22. The zero-order valence-corrected chi connectivity index (χ0v) is 38.2. The number of rotatable bonds is 8. The van der Waals surface area contributed by atoms with Crippen LogP contribution in [0, 0.1) is 4.91 Å². The van der Waals surface area contributed by atoms with E-state index in [9.17, 15) is 138 Å². The van der Waals surface area contributed by atoms with Crippen LogP contribution in [0.15, 0.2) is 35.3 Å². The van der Waals surface area contributed by atoms with Crippen molar-refractivity contribution in [1.29, 1.82) is 0 Å². The smallest absolute Gasteiger partial charge is 0.205 e. The van der Waals surface area contributed by atoms with Gasteiger partial charge in [-0.1, -0.05) is 6.58 Å². The van der Waals surface area contributed by atoms with Crippen molar-refractivity contribution in [1.82, 2.24) is 0 Å². The Morgan fingerprint density at radius 2 is 0.753 bits per heavy atom. The molecule has 8 aromatic rings. The van der Waals surface area contributed by atoms with E-state index in [0.717, 1.165) is 15.7 Å². The monoisotopic (exact) mass is 1070 g/mol. The number of hydrogen-bond acceptors (Lipinski definition) is 29. The summed E-state index contributed by atoms with van der Waals surface area (Å²) in [4.78, 5) is 16.9. The van der Waals surface area contributed by atoms with Gasteiger partial charge in [-0.3, -0.25) is 0 Å². The lowest BCUT2D eigenvalue weighted by atomic mass is 9.78. The van der Waals surface area contributed by atoms with Crippen molar-refractivity contribution in [2.75, 3.05) is 0 Å². The number of aromatic hydroxyl groups is 22. The Balaban J connectivity index is 1.74. The molecule has 0 atom stereocenters. The Kier molecular flexibility index (Phi) is 11.4. The minimum atomic E-state index is -2.18. The van der Waals surface area contributed by atoms with E-state index in [1.807, 2.05) is 0 Å². The Bertz CT molecular complexity index is 4170. The quantitative estimate of drug-likeness (QED) is 0.0152. The van der Waals surface area contributed by atoms with E-state index in [-0.39, 0.29) is 0 Å². The Hall–Kier alpha value is -11.7. The normalized spacial score (nSPS) is 12.3. The van der Waals surface area contributed by atoms with Gasteiger partial charge in [0.05, 0.1) is 38.4 Å². The average Bonchev–Trinajstić information content (AvgIpc) is 3.51. The molecule has 0 bridgehead atoms. The summed E-state index contributed by atoms with van der Waals surface area (Å²) < 4.78 is 0. The van der Waals surface area contributed by atoms with E-state index in [1.54, 1.807) is 0 Å². The van der Waals surface area contributed by atoms with Crippen molar-refractivity contribution in [3.8, 4) is 154 Å². The number of benzene rings is 8. The van der Waals surface area contributed by atoms with Crippen LogP contribution in [-0.2, 0) is 0 Å². The summed E-state index contributed by atoms with van der Waals surface area (Å²) in [6.07, 6.45) is 0. The van der Waals surface area contributed by atoms with Crippen molar-refractivity contribution in [3.63, 3.8) is 0 Å². The molecule has 29 nitrogen and oxygen atoms in total. The van der Waals surface area contributed by atoms with E-state index < -0.39 is 248 Å². The van der Waals surface area contributed by atoms with Gasteiger partial charge in [-0.25, -0.2) is 0 Å². The van der Waals surface area contributed by atoms with E-state index in [0.29, 0.717) is 6.07 Å². The molecule has 0 unspecified atom stereocenters. The standard InChI is InChI=1S/C46H33B2NO28/c1-3(50)6(15-25(54)18-20(35(64)33(15)62)39(68)46(75)45(74)37(18)66)29(58)41(70)31(60)12-9-7(5(77-49-76)2-4(51)23(9)52)8(11-14-16(27(56)21(47)26(11)55)36(65)44(73)43(72)32(14)61)10-13(12)30(59)34(63)17(24(10)53)19-28(57)22(48)40(69)42(71)38(19)67/h2,50-75H,1,47-48H2/b29-6-,41-31+. The molecule has 8 aromatic carbocycles. The van der Waals surface area contributed by atoms with Crippen molar-refractivity contribution >= 4 is 81.0 Å². The highest BCUT2D eigenvalue weighted by atomic mass is 16.7. The van der Waals surface area contributed by atoms with Gasteiger partial charge in [0.1, 0.15) is 50.2 Å². The average molecular weight is 1070 g/mol.